The second kappa shape index (κ2) is 9.57. The van der Waals surface area contributed by atoms with Gasteiger partial charge < -0.3 is 13.9 Å². The van der Waals surface area contributed by atoms with Crippen LogP contribution in [0, 0.1) is 0 Å². The number of furan rings is 1. The summed E-state index contributed by atoms with van der Waals surface area (Å²) in [7, 11) is 0. The van der Waals surface area contributed by atoms with E-state index >= 15 is 0 Å². The summed E-state index contributed by atoms with van der Waals surface area (Å²) in [5, 5.41) is 0. The third-order valence-corrected chi connectivity index (χ3v) is 4.94. The Morgan fingerprint density at radius 2 is 1.24 bits per heavy atom. The van der Waals surface area contributed by atoms with E-state index < -0.39 is 11.2 Å². The lowest BCUT2D eigenvalue weighted by Gasteiger charge is -2.31. The highest BCUT2D eigenvalue weighted by Gasteiger charge is 2.37. The van der Waals surface area contributed by atoms with Crippen LogP contribution in [-0.4, -0.2) is 36.0 Å². The van der Waals surface area contributed by atoms with Crippen molar-refractivity contribution in [3.8, 4) is 0 Å². The molecule has 0 saturated heterocycles. The van der Waals surface area contributed by atoms with E-state index in [9.17, 15) is 9.59 Å². The maximum absolute atomic E-state index is 12.0. The molecule has 0 atom stereocenters. The Hall–Kier alpha value is -1.08. The Balaban J connectivity index is 2.92. The lowest BCUT2D eigenvalue weighted by molar-refractivity contribution is -0.160. The van der Waals surface area contributed by atoms with Crippen molar-refractivity contribution in [2.45, 2.75) is 51.7 Å². The van der Waals surface area contributed by atoms with Crippen molar-refractivity contribution >= 4 is 35.5 Å². The molecule has 0 spiro atoms. The minimum absolute atomic E-state index is 0.263. The van der Waals surface area contributed by atoms with Crippen LogP contribution in [0.15, 0.2) is 16.9 Å². The van der Waals surface area contributed by atoms with Gasteiger partial charge in [-0.3, -0.25) is 9.59 Å². The van der Waals surface area contributed by atoms with Gasteiger partial charge in [-0.25, -0.2) is 0 Å². The smallest absolute Gasteiger partial charge is 0.307 e. The highest BCUT2D eigenvalue weighted by Crippen LogP contribution is 2.37. The highest BCUT2D eigenvalue weighted by molar-refractivity contribution is 7.98. The molecule has 0 aliphatic heterocycles. The van der Waals surface area contributed by atoms with Crippen LogP contribution in [0.5, 0.6) is 0 Å². The van der Waals surface area contributed by atoms with Gasteiger partial charge in [0.25, 0.3) is 0 Å². The number of hydrogen-bond donors (Lipinski definition) is 0. The third kappa shape index (κ3) is 6.62. The maximum Gasteiger partial charge on any atom is 0.307 e. The fourth-order valence-electron chi connectivity index (χ4n) is 2.38. The Morgan fingerprint density at radius 1 is 0.880 bits per heavy atom. The zero-order valence-corrected chi connectivity index (χ0v) is 17.5. The number of carbonyl (C=O) groups is 2. The van der Waals surface area contributed by atoms with Crippen LogP contribution in [-0.2, 0) is 30.3 Å². The summed E-state index contributed by atoms with van der Waals surface area (Å²) in [6, 6.07) is 0. The molecular formula is C18H28O5S2. The molecule has 1 aromatic rings. The molecule has 0 amide bonds. The van der Waals surface area contributed by atoms with Crippen LogP contribution in [0.3, 0.4) is 0 Å². The van der Waals surface area contributed by atoms with E-state index in [1.807, 2.05) is 40.2 Å². The molecule has 0 bridgehead atoms. The minimum Gasteiger partial charge on any atom is -0.472 e. The summed E-state index contributed by atoms with van der Waals surface area (Å²) in [4.78, 5) is 24.0. The molecule has 0 radical (unpaired) electrons. The standard InChI is InChI=1S/C18H28O5S2/c1-17(2,22-15(19)7-9-24-5)13-11-21-12-14(13)18(3,4)23-16(20)8-10-25-6/h11-12H,7-10H2,1-6H3. The Morgan fingerprint density at radius 3 is 1.56 bits per heavy atom. The van der Waals surface area contributed by atoms with Crippen LogP contribution in [0.2, 0.25) is 0 Å². The highest BCUT2D eigenvalue weighted by atomic mass is 32.2. The first kappa shape index (κ1) is 22.0. The molecule has 5 nitrogen and oxygen atoms in total. The van der Waals surface area contributed by atoms with Gasteiger partial charge in [-0.2, -0.15) is 23.5 Å². The van der Waals surface area contributed by atoms with E-state index in [4.69, 9.17) is 13.9 Å². The average molecular weight is 389 g/mol. The number of esters is 2. The fraction of sp³-hybridized carbons (Fsp3) is 0.667. The van der Waals surface area contributed by atoms with Crippen molar-refractivity contribution in [3.05, 3.63) is 23.7 Å². The second-order valence-corrected chi connectivity index (χ2v) is 8.62. The van der Waals surface area contributed by atoms with Crippen molar-refractivity contribution in [3.63, 3.8) is 0 Å². The number of hydrogen-bond acceptors (Lipinski definition) is 7. The molecule has 0 fully saturated rings. The van der Waals surface area contributed by atoms with Gasteiger partial charge in [-0.05, 0) is 40.2 Å². The predicted octanol–water partition coefficient (Wildman–Crippen LogP) is 4.34. The van der Waals surface area contributed by atoms with Gasteiger partial charge in [-0.1, -0.05) is 0 Å². The van der Waals surface area contributed by atoms with E-state index in [1.54, 1.807) is 36.1 Å². The van der Waals surface area contributed by atoms with Crippen molar-refractivity contribution in [2.24, 2.45) is 0 Å². The summed E-state index contributed by atoms with van der Waals surface area (Å²) < 4.78 is 16.6. The largest absolute Gasteiger partial charge is 0.472 e. The molecule has 1 heterocycles. The number of carbonyl (C=O) groups excluding carboxylic acids is 2. The fourth-order valence-corrected chi connectivity index (χ4v) is 3.12. The summed E-state index contributed by atoms with van der Waals surface area (Å²) in [6.07, 6.45) is 7.69. The van der Waals surface area contributed by atoms with Crippen LogP contribution < -0.4 is 0 Å². The van der Waals surface area contributed by atoms with Crippen molar-refractivity contribution in [1.82, 2.24) is 0 Å². The third-order valence-electron chi connectivity index (χ3n) is 3.72. The molecule has 0 saturated carbocycles. The lowest BCUT2D eigenvalue weighted by Crippen LogP contribution is -2.32. The molecule has 1 aromatic heterocycles. The van der Waals surface area contributed by atoms with Crippen LogP contribution in [0.25, 0.3) is 0 Å². The van der Waals surface area contributed by atoms with Gasteiger partial charge in [0.1, 0.15) is 11.2 Å². The summed E-state index contributed by atoms with van der Waals surface area (Å²) in [5.74, 6) is 0.903. The Bertz CT molecular complexity index is 529. The SMILES string of the molecule is CSCCC(=O)OC(C)(C)c1cocc1C(C)(C)OC(=O)CCSC. The van der Waals surface area contributed by atoms with Gasteiger partial charge in [0.15, 0.2) is 0 Å². The van der Waals surface area contributed by atoms with Crippen LogP contribution >= 0.6 is 23.5 Å². The van der Waals surface area contributed by atoms with Crippen molar-refractivity contribution in [1.29, 1.82) is 0 Å². The number of ether oxygens (including phenoxy) is 2. The quantitative estimate of drug-likeness (QED) is 0.552. The molecule has 0 aromatic carbocycles. The van der Waals surface area contributed by atoms with E-state index in [0.717, 1.165) is 0 Å². The molecular weight excluding hydrogens is 360 g/mol. The van der Waals surface area contributed by atoms with Gasteiger partial charge in [0.05, 0.1) is 25.4 Å². The van der Waals surface area contributed by atoms with Gasteiger partial charge in [-0.15, -0.1) is 0 Å². The van der Waals surface area contributed by atoms with Gasteiger partial charge in [0, 0.05) is 22.6 Å². The first-order valence-corrected chi connectivity index (χ1v) is 10.9. The molecule has 25 heavy (non-hydrogen) atoms. The zero-order valence-electron chi connectivity index (χ0n) is 15.8. The predicted molar refractivity (Wildman–Crippen MR) is 103 cm³/mol. The van der Waals surface area contributed by atoms with Crippen molar-refractivity contribution < 1.29 is 23.5 Å². The normalized spacial score (nSPS) is 12.1. The van der Waals surface area contributed by atoms with E-state index in [2.05, 4.69) is 0 Å². The minimum atomic E-state index is -0.874. The number of thioether (sulfide) groups is 2. The molecule has 0 aliphatic rings. The van der Waals surface area contributed by atoms with Gasteiger partial charge in [0.2, 0.25) is 0 Å². The van der Waals surface area contributed by atoms with Gasteiger partial charge >= 0.3 is 11.9 Å². The van der Waals surface area contributed by atoms with Crippen molar-refractivity contribution in [2.75, 3.05) is 24.0 Å². The molecule has 0 unspecified atom stereocenters. The van der Waals surface area contributed by atoms with Crippen LogP contribution in [0.4, 0.5) is 0 Å². The maximum atomic E-state index is 12.0. The topological polar surface area (TPSA) is 65.7 Å². The summed E-state index contributed by atoms with van der Waals surface area (Å²) >= 11 is 3.19. The second-order valence-electron chi connectivity index (χ2n) is 6.65. The average Bonchev–Trinajstić information content (AvgIpc) is 3.01. The monoisotopic (exact) mass is 388 g/mol. The first-order valence-electron chi connectivity index (χ1n) is 8.12. The number of rotatable bonds is 10. The first-order chi connectivity index (χ1) is 11.6. The summed E-state index contributed by atoms with van der Waals surface area (Å²) in [5.41, 5.74) is -0.345. The van der Waals surface area contributed by atoms with E-state index in [1.165, 1.54) is 0 Å². The Labute approximate surface area is 158 Å². The molecule has 0 N–H and O–H groups in total. The Kier molecular flexibility index (Phi) is 8.41. The lowest BCUT2D eigenvalue weighted by atomic mass is 9.89. The molecule has 7 heteroatoms. The molecule has 0 aliphatic carbocycles. The van der Waals surface area contributed by atoms with E-state index in [0.29, 0.717) is 35.5 Å². The van der Waals surface area contributed by atoms with E-state index in [-0.39, 0.29) is 11.9 Å². The zero-order chi connectivity index (χ0) is 19.1. The van der Waals surface area contributed by atoms with Crippen LogP contribution in [0.1, 0.15) is 51.7 Å². The molecule has 142 valence electrons. The molecule has 1 rings (SSSR count). The summed E-state index contributed by atoms with van der Waals surface area (Å²) in [6.45, 7) is 7.24.